The number of aliphatic hydroxyl groups is 1. The molecule has 0 fully saturated rings. The fourth-order valence-electron chi connectivity index (χ4n) is 1.76. The zero-order valence-electron chi connectivity index (χ0n) is 11.5. The third-order valence-electron chi connectivity index (χ3n) is 2.81. The van der Waals surface area contributed by atoms with E-state index in [1.165, 1.54) is 11.8 Å². The third kappa shape index (κ3) is 5.59. The number of thioether (sulfide) groups is 1. The Morgan fingerprint density at radius 3 is 2.67 bits per heavy atom. The molecule has 0 amide bonds. The number of nitrogens with two attached hydrogens (primary N) is 1. The Morgan fingerprint density at radius 2 is 1.95 bits per heavy atom. The monoisotopic (exact) mass is 323 g/mol. The zero-order chi connectivity index (χ0) is 15.1. The molecule has 1 unspecified atom stereocenters. The molecule has 21 heavy (non-hydrogen) atoms. The van der Waals surface area contributed by atoms with Crippen molar-refractivity contribution in [1.29, 1.82) is 0 Å². The van der Waals surface area contributed by atoms with Crippen LogP contribution in [0.1, 0.15) is 5.56 Å². The first-order valence-corrected chi connectivity index (χ1v) is 7.99. The van der Waals surface area contributed by atoms with E-state index in [1.807, 2.05) is 36.4 Å². The summed E-state index contributed by atoms with van der Waals surface area (Å²) in [6.45, 7) is 0.805. The Morgan fingerprint density at radius 1 is 1.19 bits per heavy atom. The largest absolute Gasteiger partial charge is 0.399 e. The van der Waals surface area contributed by atoms with Gasteiger partial charge in [-0.3, -0.25) is 0 Å². The summed E-state index contributed by atoms with van der Waals surface area (Å²) in [4.78, 5) is 0.910. The average Bonchev–Trinajstić information content (AvgIpc) is 2.47. The summed E-state index contributed by atoms with van der Waals surface area (Å²) >= 11 is 7.58. The number of aliphatic hydroxyl groups excluding tert-OH is 1. The van der Waals surface area contributed by atoms with E-state index < -0.39 is 6.10 Å². The first kappa shape index (κ1) is 16.2. The van der Waals surface area contributed by atoms with Gasteiger partial charge in [-0.1, -0.05) is 41.9 Å². The molecule has 112 valence electrons. The van der Waals surface area contributed by atoms with Crippen LogP contribution in [0.3, 0.4) is 0 Å². The van der Waals surface area contributed by atoms with Crippen LogP contribution in [0.5, 0.6) is 0 Å². The summed E-state index contributed by atoms with van der Waals surface area (Å²) in [6.07, 6.45) is -0.535. The molecule has 0 aromatic heterocycles. The summed E-state index contributed by atoms with van der Waals surface area (Å²) in [5, 5.41) is 10.5. The Hall–Kier alpha value is -1.20. The quantitative estimate of drug-likeness (QED) is 0.604. The van der Waals surface area contributed by atoms with Gasteiger partial charge in [0.1, 0.15) is 0 Å². The van der Waals surface area contributed by atoms with Crippen molar-refractivity contribution in [3.8, 4) is 0 Å². The van der Waals surface area contributed by atoms with E-state index in [-0.39, 0.29) is 0 Å². The molecular weight excluding hydrogens is 306 g/mol. The van der Waals surface area contributed by atoms with Crippen LogP contribution in [-0.4, -0.2) is 23.6 Å². The van der Waals surface area contributed by atoms with Crippen LogP contribution in [0.25, 0.3) is 0 Å². The van der Waals surface area contributed by atoms with Gasteiger partial charge < -0.3 is 15.6 Å². The molecule has 2 rings (SSSR count). The molecule has 2 aromatic carbocycles. The van der Waals surface area contributed by atoms with Gasteiger partial charge in [0.15, 0.2) is 0 Å². The minimum atomic E-state index is -0.535. The SMILES string of the molecule is Nc1ccc(SCC(O)COCc2ccccc2)c(Cl)c1. The summed E-state index contributed by atoms with van der Waals surface area (Å²) in [7, 11) is 0. The van der Waals surface area contributed by atoms with Crippen LogP contribution in [0.15, 0.2) is 53.4 Å². The van der Waals surface area contributed by atoms with Crippen molar-refractivity contribution in [1.82, 2.24) is 0 Å². The van der Waals surface area contributed by atoms with E-state index in [0.29, 0.717) is 29.7 Å². The van der Waals surface area contributed by atoms with Crippen molar-refractivity contribution in [3.63, 3.8) is 0 Å². The number of ether oxygens (including phenoxy) is 1. The second kappa shape index (κ2) is 8.29. The van der Waals surface area contributed by atoms with Crippen molar-refractivity contribution >= 4 is 29.1 Å². The highest BCUT2D eigenvalue weighted by molar-refractivity contribution is 7.99. The number of hydrogen-bond acceptors (Lipinski definition) is 4. The smallest absolute Gasteiger partial charge is 0.0867 e. The predicted molar refractivity (Wildman–Crippen MR) is 88.7 cm³/mol. The molecule has 1 atom stereocenters. The van der Waals surface area contributed by atoms with E-state index in [1.54, 1.807) is 12.1 Å². The standard InChI is InChI=1S/C16H18ClNO2S/c17-15-8-13(18)6-7-16(15)21-11-14(19)10-20-9-12-4-2-1-3-5-12/h1-8,14,19H,9-11,18H2. The topological polar surface area (TPSA) is 55.5 Å². The highest BCUT2D eigenvalue weighted by atomic mass is 35.5. The molecule has 3 nitrogen and oxygen atoms in total. The lowest BCUT2D eigenvalue weighted by Gasteiger charge is -2.12. The lowest BCUT2D eigenvalue weighted by atomic mass is 10.2. The third-order valence-corrected chi connectivity index (χ3v) is 4.45. The summed E-state index contributed by atoms with van der Waals surface area (Å²) < 4.78 is 5.50. The maximum absolute atomic E-state index is 9.92. The summed E-state index contributed by atoms with van der Waals surface area (Å²) in [6, 6.07) is 15.3. The maximum atomic E-state index is 9.92. The number of benzene rings is 2. The predicted octanol–water partition coefficient (Wildman–Crippen LogP) is 3.59. The van der Waals surface area contributed by atoms with E-state index in [9.17, 15) is 5.11 Å². The van der Waals surface area contributed by atoms with Gasteiger partial charge in [0.25, 0.3) is 0 Å². The highest BCUT2D eigenvalue weighted by Crippen LogP contribution is 2.29. The van der Waals surface area contributed by atoms with Crippen LogP contribution in [0.2, 0.25) is 5.02 Å². The summed E-state index contributed by atoms with van der Waals surface area (Å²) in [5.74, 6) is 0.526. The second-order valence-corrected chi connectivity index (χ2v) is 6.12. The molecular formula is C16H18ClNO2S. The molecule has 0 saturated carbocycles. The summed E-state index contributed by atoms with van der Waals surface area (Å²) in [5.41, 5.74) is 7.37. The van der Waals surface area contributed by atoms with Crippen LogP contribution in [0, 0.1) is 0 Å². The number of anilines is 1. The minimum Gasteiger partial charge on any atom is -0.399 e. The van der Waals surface area contributed by atoms with Gasteiger partial charge >= 0.3 is 0 Å². The van der Waals surface area contributed by atoms with Gasteiger partial charge in [-0.15, -0.1) is 11.8 Å². The van der Waals surface area contributed by atoms with Gasteiger partial charge in [0, 0.05) is 16.3 Å². The van der Waals surface area contributed by atoms with Crippen molar-refractivity contribution in [3.05, 3.63) is 59.1 Å². The van der Waals surface area contributed by atoms with Crippen molar-refractivity contribution in [2.45, 2.75) is 17.6 Å². The van der Waals surface area contributed by atoms with Crippen LogP contribution < -0.4 is 5.73 Å². The van der Waals surface area contributed by atoms with Gasteiger partial charge in [-0.25, -0.2) is 0 Å². The van der Waals surface area contributed by atoms with E-state index in [0.717, 1.165) is 10.5 Å². The van der Waals surface area contributed by atoms with Crippen LogP contribution in [0.4, 0.5) is 5.69 Å². The number of halogens is 1. The molecule has 0 aliphatic heterocycles. The van der Waals surface area contributed by atoms with E-state index in [4.69, 9.17) is 22.1 Å². The first-order chi connectivity index (χ1) is 10.1. The fourth-order valence-corrected chi connectivity index (χ4v) is 2.94. The molecule has 0 aliphatic carbocycles. The fraction of sp³-hybridized carbons (Fsp3) is 0.250. The van der Waals surface area contributed by atoms with Crippen molar-refractivity contribution in [2.24, 2.45) is 0 Å². The van der Waals surface area contributed by atoms with E-state index >= 15 is 0 Å². The highest BCUT2D eigenvalue weighted by Gasteiger charge is 2.08. The number of rotatable bonds is 7. The molecule has 0 spiro atoms. The number of nitrogen functional groups attached to an aromatic ring is 1. The maximum Gasteiger partial charge on any atom is 0.0867 e. The molecule has 0 bridgehead atoms. The Kier molecular flexibility index (Phi) is 6.39. The Bertz CT molecular complexity index is 565. The lowest BCUT2D eigenvalue weighted by Crippen LogP contribution is -2.17. The molecule has 0 heterocycles. The first-order valence-electron chi connectivity index (χ1n) is 6.62. The van der Waals surface area contributed by atoms with Gasteiger partial charge in [-0.2, -0.15) is 0 Å². The number of hydrogen-bond donors (Lipinski definition) is 2. The Balaban J connectivity index is 1.71. The molecule has 0 radical (unpaired) electrons. The zero-order valence-corrected chi connectivity index (χ0v) is 13.1. The molecule has 3 N–H and O–H groups in total. The molecule has 0 saturated heterocycles. The van der Waals surface area contributed by atoms with Crippen molar-refractivity contribution < 1.29 is 9.84 Å². The van der Waals surface area contributed by atoms with Crippen LogP contribution >= 0.6 is 23.4 Å². The average molecular weight is 324 g/mol. The molecule has 5 heteroatoms. The Labute approximate surface area is 134 Å². The van der Waals surface area contributed by atoms with Gasteiger partial charge in [0.05, 0.1) is 24.3 Å². The molecule has 0 aliphatic rings. The van der Waals surface area contributed by atoms with E-state index in [2.05, 4.69) is 0 Å². The second-order valence-electron chi connectivity index (χ2n) is 4.66. The minimum absolute atomic E-state index is 0.300. The van der Waals surface area contributed by atoms with Gasteiger partial charge in [-0.05, 0) is 23.8 Å². The molecule has 2 aromatic rings. The van der Waals surface area contributed by atoms with Gasteiger partial charge in [0.2, 0.25) is 0 Å². The normalized spacial score (nSPS) is 12.3. The van der Waals surface area contributed by atoms with Crippen LogP contribution in [-0.2, 0) is 11.3 Å². The van der Waals surface area contributed by atoms with Crippen molar-refractivity contribution in [2.75, 3.05) is 18.1 Å². The lowest BCUT2D eigenvalue weighted by molar-refractivity contribution is 0.0398.